The fourth-order valence-electron chi connectivity index (χ4n) is 2.05. The summed E-state index contributed by atoms with van der Waals surface area (Å²) in [5.41, 5.74) is 2.94. The molecule has 2 aromatic carbocycles. The van der Waals surface area contributed by atoms with Gasteiger partial charge in [0.15, 0.2) is 0 Å². The number of carbonyl (C=O) groups is 1. The van der Waals surface area contributed by atoms with Crippen LogP contribution in [0.3, 0.4) is 0 Å². The van der Waals surface area contributed by atoms with Crippen LogP contribution >= 0.6 is 0 Å². The molecule has 0 spiro atoms. The third-order valence-electron chi connectivity index (χ3n) is 3.19. The summed E-state index contributed by atoms with van der Waals surface area (Å²) in [5.74, 6) is 0. The van der Waals surface area contributed by atoms with E-state index in [4.69, 9.17) is 0 Å². The minimum absolute atomic E-state index is 0.101. The Bertz CT molecular complexity index is 567. The number of aliphatic hydroxyl groups is 1. The van der Waals surface area contributed by atoms with Crippen LogP contribution in [0.5, 0.6) is 0 Å². The monoisotopic (exact) mass is 284 g/mol. The van der Waals surface area contributed by atoms with Gasteiger partial charge in [-0.1, -0.05) is 48.0 Å². The van der Waals surface area contributed by atoms with Crippen LogP contribution < -0.4 is 10.6 Å². The van der Waals surface area contributed by atoms with Gasteiger partial charge in [0.25, 0.3) is 0 Å². The Labute approximate surface area is 124 Å². The molecule has 2 amide bonds. The molecule has 0 radical (unpaired) electrons. The maximum Gasteiger partial charge on any atom is 0.319 e. The number of rotatable bonds is 5. The molecule has 0 unspecified atom stereocenters. The van der Waals surface area contributed by atoms with Crippen LogP contribution in [-0.2, 0) is 6.42 Å². The third-order valence-corrected chi connectivity index (χ3v) is 3.19. The SMILES string of the molecule is Cc1ccc(NC(=O)N[C@@H](CO)Cc2ccccc2)cc1. The van der Waals surface area contributed by atoms with Crippen molar-refractivity contribution in [2.45, 2.75) is 19.4 Å². The molecule has 0 aromatic heterocycles. The van der Waals surface area contributed by atoms with Gasteiger partial charge in [-0.05, 0) is 31.0 Å². The highest BCUT2D eigenvalue weighted by Crippen LogP contribution is 2.08. The summed E-state index contributed by atoms with van der Waals surface area (Å²) in [5, 5.41) is 14.9. The zero-order valence-corrected chi connectivity index (χ0v) is 12.0. The predicted octanol–water partition coefficient (Wildman–Crippen LogP) is 2.72. The summed E-state index contributed by atoms with van der Waals surface area (Å²) in [7, 11) is 0. The lowest BCUT2D eigenvalue weighted by atomic mass is 10.1. The average molecular weight is 284 g/mol. The number of hydrogen-bond acceptors (Lipinski definition) is 2. The molecule has 2 aromatic rings. The van der Waals surface area contributed by atoms with E-state index < -0.39 is 0 Å². The number of benzene rings is 2. The van der Waals surface area contributed by atoms with E-state index in [2.05, 4.69) is 10.6 Å². The van der Waals surface area contributed by atoms with E-state index in [0.717, 1.165) is 16.8 Å². The average Bonchev–Trinajstić information content (AvgIpc) is 2.50. The van der Waals surface area contributed by atoms with Gasteiger partial charge >= 0.3 is 6.03 Å². The van der Waals surface area contributed by atoms with Gasteiger partial charge in [-0.25, -0.2) is 4.79 Å². The van der Waals surface area contributed by atoms with Crippen molar-refractivity contribution in [2.24, 2.45) is 0 Å². The standard InChI is InChI=1S/C17H20N2O2/c1-13-7-9-15(10-8-13)18-17(21)19-16(12-20)11-14-5-3-2-4-6-14/h2-10,16,20H,11-12H2,1H3,(H2,18,19,21)/t16-/m1/s1. The van der Waals surface area contributed by atoms with Crippen LogP contribution in [0, 0.1) is 6.92 Å². The number of anilines is 1. The number of amides is 2. The van der Waals surface area contributed by atoms with E-state index in [1.165, 1.54) is 0 Å². The summed E-state index contributed by atoms with van der Waals surface area (Å²) < 4.78 is 0. The first-order chi connectivity index (χ1) is 10.2. The summed E-state index contributed by atoms with van der Waals surface area (Å²) in [6.07, 6.45) is 0.596. The first kappa shape index (κ1) is 15.1. The van der Waals surface area contributed by atoms with Crippen molar-refractivity contribution in [1.29, 1.82) is 0 Å². The Morgan fingerprint density at radius 3 is 2.38 bits per heavy atom. The van der Waals surface area contributed by atoms with E-state index in [9.17, 15) is 9.90 Å². The van der Waals surface area contributed by atoms with Crippen LogP contribution in [0.15, 0.2) is 54.6 Å². The van der Waals surface area contributed by atoms with E-state index in [1.54, 1.807) is 0 Å². The molecule has 0 fully saturated rings. The molecule has 3 N–H and O–H groups in total. The molecule has 4 nitrogen and oxygen atoms in total. The molecule has 0 heterocycles. The van der Waals surface area contributed by atoms with E-state index in [1.807, 2.05) is 61.5 Å². The lowest BCUT2D eigenvalue weighted by Gasteiger charge is -2.17. The number of nitrogens with one attached hydrogen (secondary N) is 2. The highest BCUT2D eigenvalue weighted by Gasteiger charge is 2.12. The van der Waals surface area contributed by atoms with Gasteiger partial charge in [-0.3, -0.25) is 0 Å². The van der Waals surface area contributed by atoms with Gasteiger partial charge in [0.05, 0.1) is 12.6 Å². The molecule has 1 atom stereocenters. The van der Waals surface area contributed by atoms with Crippen molar-refractivity contribution in [3.05, 3.63) is 65.7 Å². The molecule has 0 aliphatic carbocycles. The summed E-state index contributed by atoms with van der Waals surface area (Å²) >= 11 is 0. The molecular weight excluding hydrogens is 264 g/mol. The normalized spacial score (nSPS) is 11.7. The topological polar surface area (TPSA) is 61.4 Å². The summed E-state index contributed by atoms with van der Waals surface area (Å²) in [6.45, 7) is 1.89. The molecule has 0 bridgehead atoms. The molecule has 4 heteroatoms. The fourth-order valence-corrected chi connectivity index (χ4v) is 2.05. The Hall–Kier alpha value is -2.33. The Kier molecular flexibility index (Phi) is 5.35. The van der Waals surface area contributed by atoms with Gasteiger partial charge in [0.1, 0.15) is 0 Å². The third kappa shape index (κ3) is 4.93. The quantitative estimate of drug-likeness (QED) is 0.790. The smallest absolute Gasteiger partial charge is 0.319 e. The van der Waals surface area contributed by atoms with E-state index in [-0.39, 0.29) is 18.7 Å². The lowest BCUT2D eigenvalue weighted by Crippen LogP contribution is -2.41. The van der Waals surface area contributed by atoms with Crippen molar-refractivity contribution in [3.63, 3.8) is 0 Å². The van der Waals surface area contributed by atoms with Crippen molar-refractivity contribution >= 4 is 11.7 Å². The van der Waals surface area contributed by atoms with Crippen LogP contribution in [-0.4, -0.2) is 23.8 Å². The minimum atomic E-state index is -0.311. The maximum absolute atomic E-state index is 11.9. The van der Waals surface area contributed by atoms with Gasteiger partial charge in [-0.2, -0.15) is 0 Å². The van der Waals surface area contributed by atoms with E-state index in [0.29, 0.717) is 6.42 Å². The van der Waals surface area contributed by atoms with Gasteiger partial charge in [-0.15, -0.1) is 0 Å². The van der Waals surface area contributed by atoms with Gasteiger partial charge in [0, 0.05) is 5.69 Å². The van der Waals surface area contributed by atoms with E-state index >= 15 is 0 Å². The van der Waals surface area contributed by atoms with Crippen LogP contribution in [0.2, 0.25) is 0 Å². The number of urea groups is 1. The Balaban J connectivity index is 1.89. The van der Waals surface area contributed by atoms with Crippen molar-refractivity contribution in [3.8, 4) is 0 Å². The number of aliphatic hydroxyl groups excluding tert-OH is 1. The Morgan fingerprint density at radius 1 is 1.10 bits per heavy atom. The molecule has 0 saturated heterocycles. The van der Waals surface area contributed by atoms with Crippen LogP contribution in [0.25, 0.3) is 0 Å². The largest absolute Gasteiger partial charge is 0.394 e. The van der Waals surface area contributed by atoms with Crippen molar-refractivity contribution in [1.82, 2.24) is 5.32 Å². The second-order valence-electron chi connectivity index (χ2n) is 5.03. The molecular formula is C17H20N2O2. The first-order valence-electron chi connectivity index (χ1n) is 6.96. The van der Waals surface area contributed by atoms with Crippen molar-refractivity contribution < 1.29 is 9.90 Å². The van der Waals surface area contributed by atoms with Gasteiger partial charge < -0.3 is 15.7 Å². The first-order valence-corrected chi connectivity index (χ1v) is 6.96. The highest BCUT2D eigenvalue weighted by molar-refractivity contribution is 5.89. The maximum atomic E-state index is 11.9. The molecule has 0 aliphatic rings. The fraction of sp³-hybridized carbons (Fsp3) is 0.235. The van der Waals surface area contributed by atoms with Crippen LogP contribution in [0.1, 0.15) is 11.1 Å². The Morgan fingerprint density at radius 2 is 1.76 bits per heavy atom. The zero-order valence-electron chi connectivity index (χ0n) is 12.0. The zero-order chi connectivity index (χ0) is 15.1. The molecule has 2 rings (SSSR count). The van der Waals surface area contributed by atoms with Gasteiger partial charge in [0.2, 0.25) is 0 Å². The molecule has 0 saturated carbocycles. The number of aryl methyl sites for hydroxylation is 1. The van der Waals surface area contributed by atoms with Crippen molar-refractivity contribution in [2.75, 3.05) is 11.9 Å². The molecule has 110 valence electrons. The number of carbonyl (C=O) groups excluding carboxylic acids is 1. The molecule has 0 aliphatic heterocycles. The van der Waals surface area contributed by atoms with Crippen LogP contribution in [0.4, 0.5) is 10.5 Å². The highest BCUT2D eigenvalue weighted by atomic mass is 16.3. The lowest BCUT2D eigenvalue weighted by molar-refractivity contribution is 0.224. The second kappa shape index (κ2) is 7.45. The minimum Gasteiger partial charge on any atom is -0.394 e. The number of hydrogen-bond donors (Lipinski definition) is 3. The second-order valence-corrected chi connectivity index (χ2v) is 5.03. The predicted molar refractivity (Wildman–Crippen MR) is 84.4 cm³/mol. The molecule has 21 heavy (non-hydrogen) atoms. The summed E-state index contributed by atoms with van der Waals surface area (Å²) in [6, 6.07) is 16.7. The summed E-state index contributed by atoms with van der Waals surface area (Å²) in [4.78, 5) is 11.9.